The highest BCUT2D eigenvalue weighted by Crippen LogP contribution is 2.09. The summed E-state index contributed by atoms with van der Waals surface area (Å²) >= 11 is 4.16. The van der Waals surface area contributed by atoms with Gasteiger partial charge < -0.3 is 5.32 Å². The molecule has 0 aliphatic carbocycles. The lowest BCUT2D eigenvalue weighted by Gasteiger charge is -2.21. The number of carbonyl (C=O) groups excluding carboxylic acids is 3. The molecule has 6 heteroatoms. The van der Waals surface area contributed by atoms with E-state index in [2.05, 4.69) is 23.3 Å². The van der Waals surface area contributed by atoms with Crippen LogP contribution in [0.15, 0.2) is 29.2 Å². The molecule has 1 aromatic rings. The average Bonchev–Trinajstić information content (AvgIpc) is 2.36. The summed E-state index contributed by atoms with van der Waals surface area (Å²) in [4.78, 5) is 35.1. The summed E-state index contributed by atoms with van der Waals surface area (Å²) in [6.07, 6.45) is 0.808. The number of thiol groups is 1. The number of hydrogen-bond acceptors (Lipinski definition) is 4. The quantitative estimate of drug-likeness (QED) is 0.555. The first kappa shape index (κ1) is 13.6. The average molecular weight is 278 g/mol. The molecule has 1 aliphatic rings. The number of rotatable bonds is 3. The highest BCUT2D eigenvalue weighted by molar-refractivity contribution is 7.80. The van der Waals surface area contributed by atoms with E-state index in [0.29, 0.717) is 6.42 Å². The zero-order chi connectivity index (χ0) is 13.8. The molecule has 0 radical (unpaired) electrons. The summed E-state index contributed by atoms with van der Waals surface area (Å²) < 4.78 is 0. The van der Waals surface area contributed by atoms with Crippen LogP contribution in [0.5, 0.6) is 0 Å². The van der Waals surface area contributed by atoms with Gasteiger partial charge in [0.15, 0.2) is 0 Å². The van der Waals surface area contributed by atoms with Gasteiger partial charge in [0.05, 0.1) is 6.42 Å². The lowest BCUT2D eigenvalue weighted by Crippen LogP contribution is -2.52. The second-order valence-corrected chi connectivity index (χ2v) is 4.93. The molecule has 0 bridgehead atoms. The van der Waals surface area contributed by atoms with E-state index in [1.807, 2.05) is 12.1 Å². The van der Waals surface area contributed by atoms with E-state index in [4.69, 9.17) is 0 Å². The summed E-state index contributed by atoms with van der Waals surface area (Å²) in [7, 11) is 0. The number of hydrogen-bond donors (Lipinski definition) is 3. The van der Waals surface area contributed by atoms with Crippen molar-refractivity contribution in [2.75, 3.05) is 0 Å². The van der Waals surface area contributed by atoms with Crippen LogP contribution in [0, 0.1) is 0 Å². The van der Waals surface area contributed by atoms with Gasteiger partial charge in [-0.2, -0.15) is 0 Å². The third-order valence-corrected chi connectivity index (χ3v) is 3.17. The Labute approximate surface area is 116 Å². The molecule has 0 aromatic heterocycles. The number of amides is 3. The van der Waals surface area contributed by atoms with Crippen molar-refractivity contribution in [1.82, 2.24) is 10.6 Å². The standard InChI is InChI=1S/C13H14N2O3S/c16-11-6-5-10(13(18)15-11)14-12(17)7-8-1-3-9(19)4-2-8/h1-4,10,19H,5-7H2,(H,14,17)(H,15,16,18). The number of imide groups is 1. The van der Waals surface area contributed by atoms with Crippen molar-refractivity contribution in [2.24, 2.45) is 0 Å². The summed E-state index contributed by atoms with van der Waals surface area (Å²) in [5, 5.41) is 4.83. The van der Waals surface area contributed by atoms with Crippen LogP contribution in [-0.4, -0.2) is 23.8 Å². The van der Waals surface area contributed by atoms with Gasteiger partial charge in [-0.15, -0.1) is 12.6 Å². The normalized spacial score (nSPS) is 18.9. The van der Waals surface area contributed by atoms with E-state index in [9.17, 15) is 14.4 Å². The topological polar surface area (TPSA) is 75.3 Å². The number of piperidine rings is 1. The smallest absolute Gasteiger partial charge is 0.249 e. The van der Waals surface area contributed by atoms with Crippen LogP contribution in [0.1, 0.15) is 18.4 Å². The molecule has 2 rings (SSSR count). The predicted octanol–water partition coefficient (Wildman–Crippen LogP) is 0.439. The third kappa shape index (κ3) is 3.82. The number of carbonyl (C=O) groups is 3. The Hall–Kier alpha value is -1.82. The molecule has 1 saturated heterocycles. The first-order valence-electron chi connectivity index (χ1n) is 5.95. The van der Waals surface area contributed by atoms with Gasteiger partial charge in [-0.25, -0.2) is 0 Å². The van der Waals surface area contributed by atoms with Gasteiger partial charge in [0.25, 0.3) is 0 Å². The molecule has 2 N–H and O–H groups in total. The molecule has 3 amide bonds. The first-order chi connectivity index (χ1) is 9.04. The van der Waals surface area contributed by atoms with Crippen LogP contribution in [0.25, 0.3) is 0 Å². The second-order valence-electron chi connectivity index (χ2n) is 4.41. The zero-order valence-electron chi connectivity index (χ0n) is 10.2. The lowest BCUT2D eigenvalue weighted by molar-refractivity contribution is -0.137. The molecule has 19 heavy (non-hydrogen) atoms. The van der Waals surface area contributed by atoms with E-state index in [0.717, 1.165) is 10.5 Å². The molecule has 1 aliphatic heterocycles. The molecular formula is C13H14N2O3S. The van der Waals surface area contributed by atoms with Gasteiger partial charge in [0, 0.05) is 11.3 Å². The van der Waals surface area contributed by atoms with E-state index in [-0.39, 0.29) is 24.7 Å². The van der Waals surface area contributed by atoms with E-state index < -0.39 is 11.9 Å². The largest absolute Gasteiger partial charge is 0.344 e. The van der Waals surface area contributed by atoms with Crippen molar-refractivity contribution in [1.29, 1.82) is 0 Å². The minimum atomic E-state index is -0.616. The fourth-order valence-corrected chi connectivity index (χ4v) is 2.02. The van der Waals surface area contributed by atoms with Crippen molar-refractivity contribution >= 4 is 30.4 Å². The minimum absolute atomic E-state index is 0.200. The molecule has 1 aromatic carbocycles. The second kappa shape index (κ2) is 5.88. The van der Waals surface area contributed by atoms with Gasteiger partial charge >= 0.3 is 0 Å². The molecule has 1 fully saturated rings. The molecule has 0 saturated carbocycles. The Morgan fingerprint density at radius 1 is 1.32 bits per heavy atom. The van der Waals surface area contributed by atoms with Crippen LogP contribution in [0.2, 0.25) is 0 Å². The van der Waals surface area contributed by atoms with Gasteiger partial charge in [0.2, 0.25) is 17.7 Å². The van der Waals surface area contributed by atoms with Gasteiger partial charge in [-0.3, -0.25) is 19.7 Å². The van der Waals surface area contributed by atoms with Crippen LogP contribution < -0.4 is 10.6 Å². The fourth-order valence-electron chi connectivity index (χ4n) is 1.88. The summed E-state index contributed by atoms with van der Waals surface area (Å²) in [6.45, 7) is 0. The van der Waals surface area contributed by atoms with E-state index in [1.165, 1.54) is 0 Å². The Bertz CT molecular complexity index is 513. The van der Waals surface area contributed by atoms with E-state index in [1.54, 1.807) is 12.1 Å². The summed E-state index contributed by atoms with van der Waals surface area (Å²) in [5.74, 6) is -0.961. The van der Waals surface area contributed by atoms with Crippen molar-refractivity contribution in [2.45, 2.75) is 30.2 Å². The molecule has 5 nitrogen and oxygen atoms in total. The maximum absolute atomic E-state index is 11.8. The SMILES string of the molecule is O=C1CCC(NC(=O)Cc2ccc(S)cc2)C(=O)N1. The summed E-state index contributed by atoms with van der Waals surface area (Å²) in [6, 6.07) is 6.61. The fraction of sp³-hybridized carbons (Fsp3) is 0.308. The number of nitrogens with one attached hydrogen (secondary N) is 2. The Morgan fingerprint density at radius 3 is 2.63 bits per heavy atom. The monoisotopic (exact) mass is 278 g/mol. The maximum atomic E-state index is 11.8. The molecule has 0 spiro atoms. The molecule has 1 atom stereocenters. The van der Waals surface area contributed by atoms with Crippen LogP contribution >= 0.6 is 12.6 Å². The van der Waals surface area contributed by atoms with Gasteiger partial charge in [0.1, 0.15) is 6.04 Å². The van der Waals surface area contributed by atoms with Crippen LogP contribution in [0.3, 0.4) is 0 Å². The van der Waals surface area contributed by atoms with Crippen molar-refractivity contribution in [3.8, 4) is 0 Å². The Kier molecular flexibility index (Phi) is 4.21. The van der Waals surface area contributed by atoms with Crippen LogP contribution in [0.4, 0.5) is 0 Å². The third-order valence-electron chi connectivity index (χ3n) is 2.88. The highest BCUT2D eigenvalue weighted by atomic mass is 32.1. The number of benzene rings is 1. The van der Waals surface area contributed by atoms with Crippen LogP contribution in [-0.2, 0) is 20.8 Å². The molecular weight excluding hydrogens is 264 g/mol. The maximum Gasteiger partial charge on any atom is 0.249 e. The van der Waals surface area contributed by atoms with E-state index >= 15 is 0 Å². The molecule has 100 valence electrons. The van der Waals surface area contributed by atoms with Crippen molar-refractivity contribution in [3.05, 3.63) is 29.8 Å². The first-order valence-corrected chi connectivity index (χ1v) is 6.40. The van der Waals surface area contributed by atoms with Gasteiger partial charge in [-0.05, 0) is 24.1 Å². The highest BCUT2D eigenvalue weighted by Gasteiger charge is 2.27. The minimum Gasteiger partial charge on any atom is -0.344 e. The Morgan fingerprint density at radius 2 is 2.00 bits per heavy atom. The van der Waals surface area contributed by atoms with Crippen molar-refractivity contribution in [3.63, 3.8) is 0 Å². The zero-order valence-corrected chi connectivity index (χ0v) is 11.1. The Balaban J connectivity index is 1.89. The molecule has 1 unspecified atom stereocenters. The van der Waals surface area contributed by atoms with Gasteiger partial charge in [-0.1, -0.05) is 12.1 Å². The lowest BCUT2D eigenvalue weighted by atomic mass is 10.1. The predicted molar refractivity (Wildman–Crippen MR) is 71.7 cm³/mol. The molecule has 1 heterocycles. The summed E-state index contributed by atoms with van der Waals surface area (Å²) in [5.41, 5.74) is 0.850. The van der Waals surface area contributed by atoms with Crippen molar-refractivity contribution < 1.29 is 14.4 Å².